The van der Waals surface area contributed by atoms with Gasteiger partial charge in [-0.05, 0) is 60.6 Å². The number of halogens is 3. The molecule has 1 N–H and O–H groups in total. The molecule has 2 saturated heterocycles. The van der Waals surface area contributed by atoms with Crippen molar-refractivity contribution in [2.45, 2.75) is 56.6 Å². The van der Waals surface area contributed by atoms with Crippen molar-refractivity contribution in [3.05, 3.63) is 70.6 Å². The van der Waals surface area contributed by atoms with Crippen molar-refractivity contribution in [2.24, 2.45) is 11.3 Å². The molecule has 3 fully saturated rings. The summed E-state index contributed by atoms with van der Waals surface area (Å²) in [5, 5.41) is 3.72. The fourth-order valence-electron chi connectivity index (χ4n) is 7.63. The van der Waals surface area contributed by atoms with Crippen molar-refractivity contribution in [1.29, 1.82) is 0 Å². The number of esters is 1. The summed E-state index contributed by atoms with van der Waals surface area (Å²) in [6.07, 6.45) is 1.64. The van der Waals surface area contributed by atoms with Crippen molar-refractivity contribution >= 4 is 23.9 Å². The number of alkyl halides is 3. The number of nitrogens with zero attached hydrogens (tertiary/aromatic N) is 3. The fraction of sp³-hybridized carbons (Fsp3) is 0.529. The van der Waals surface area contributed by atoms with Crippen LogP contribution in [-0.2, 0) is 42.9 Å². The van der Waals surface area contributed by atoms with Crippen LogP contribution in [0.15, 0.2) is 42.6 Å². The summed E-state index contributed by atoms with van der Waals surface area (Å²) >= 11 is 0. The van der Waals surface area contributed by atoms with E-state index < -0.39 is 23.1 Å². The molecule has 13 heteroatoms. The second-order valence-corrected chi connectivity index (χ2v) is 12.9. The first kappa shape index (κ1) is 33.1. The molecule has 0 radical (unpaired) electrons. The summed E-state index contributed by atoms with van der Waals surface area (Å²) < 4.78 is 56.4. The van der Waals surface area contributed by atoms with E-state index >= 15 is 0 Å². The number of aromatic nitrogens is 1. The topological polar surface area (TPSA) is 110 Å². The summed E-state index contributed by atoms with van der Waals surface area (Å²) in [5.74, 6) is -0.958. The number of hydrogen-bond donors (Lipinski definition) is 1. The predicted octanol–water partition coefficient (Wildman–Crippen LogP) is 3.49. The number of carbonyl (C=O) groups is 3. The van der Waals surface area contributed by atoms with E-state index in [0.717, 1.165) is 24.2 Å². The van der Waals surface area contributed by atoms with Gasteiger partial charge in [0, 0.05) is 76.4 Å². The maximum Gasteiger partial charge on any atom is 0.417 e. The van der Waals surface area contributed by atoms with Gasteiger partial charge in [-0.2, -0.15) is 13.2 Å². The smallest absolute Gasteiger partial charge is 0.417 e. The first-order valence-electron chi connectivity index (χ1n) is 15.9. The molecule has 1 aliphatic carbocycles. The van der Waals surface area contributed by atoms with Crippen LogP contribution in [0, 0.1) is 11.3 Å². The van der Waals surface area contributed by atoms with Crippen LogP contribution >= 0.6 is 0 Å². The molecule has 1 saturated carbocycles. The number of pyridine rings is 1. The summed E-state index contributed by atoms with van der Waals surface area (Å²) in [5.41, 5.74) is 0.375. The van der Waals surface area contributed by atoms with Crippen LogP contribution in [0.25, 0.3) is 6.08 Å². The van der Waals surface area contributed by atoms with Gasteiger partial charge >= 0.3 is 12.1 Å². The third kappa shape index (κ3) is 6.79. The Balaban J connectivity index is 1.21. The van der Waals surface area contributed by atoms with Crippen LogP contribution in [0.1, 0.15) is 52.0 Å². The number of benzene rings is 1. The number of rotatable bonds is 7. The summed E-state index contributed by atoms with van der Waals surface area (Å²) in [6, 6.07) is 7.82. The minimum absolute atomic E-state index is 0.00129. The van der Waals surface area contributed by atoms with Crippen LogP contribution in [0.4, 0.5) is 13.2 Å². The molecule has 0 bridgehead atoms. The lowest BCUT2D eigenvalue weighted by Crippen LogP contribution is -2.52. The lowest BCUT2D eigenvalue weighted by atomic mass is 9.78. The Kier molecular flexibility index (Phi) is 9.41. The van der Waals surface area contributed by atoms with E-state index in [2.05, 4.69) is 10.3 Å². The Morgan fingerprint density at radius 2 is 1.94 bits per heavy atom. The van der Waals surface area contributed by atoms with E-state index in [1.165, 1.54) is 13.2 Å². The zero-order chi connectivity index (χ0) is 33.3. The molecule has 2 aromatic rings. The quantitative estimate of drug-likeness (QED) is 0.357. The van der Waals surface area contributed by atoms with Gasteiger partial charge in [-0.3, -0.25) is 14.6 Å². The molecule has 1 aromatic heterocycles. The van der Waals surface area contributed by atoms with Crippen molar-refractivity contribution in [3.8, 4) is 0 Å². The molecule has 47 heavy (non-hydrogen) atoms. The zero-order valence-electron chi connectivity index (χ0n) is 26.4. The third-order valence-corrected chi connectivity index (χ3v) is 10.1. The van der Waals surface area contributed by atoms with E-state index in [0.29, 0.717) is 62.4 Å². The monoisotopic (exact) mass is 656 g/mol. The molecule has 2 amide bonds. The van der Waals surface area contributed by atoms with E-state index in [-0.39, 0.29) is 49.0 Å². The van der Waals surface area contributed by atoms with E-state index in [1.54, 1.807) is 47.3 Å². The van der Waals surface area contributed by atoms with Gasteiger partial charge in [-0.1, -0.05) is 12.1 Å². The number of likely N-dealkylation sites (tertiary alicyclic amines) is 1. The SMILES string of the molecule is COC(=O)c1ccc(C=CC(=O)N2CC3CC(NC4CCOCC4OC)CC3(C(=O)N3CCc4ncc(C(F)(F)F)cc4C3)C2)cc1. The predicted molar refractivity (Wildman–Crippen MR) is 164 cm³/mol. The molecule has 5 atom stereocenters. The largest absolute Gasteiger partial charge is 0.465 e. The van der Waals surface area contributed by atoms with Crippen molar-refractivity contribution in [1.82, 2.24) is 20.1 Å². The molecule has 6 rings (SSSR count). The van der Waals surface area contributed by atoms with E-state index in [4.69, 9.17) is 14.2 Å². The Hall–Kier alpha value is -3.81. The number of nitrogens with one attached hydrogen (secondary N) is 1. The highest BCUT2D eigenvalue weighted by Crippen LogP contribution is 2.51. The van der Waals surface area contributed by atoms with Gasteiger partial charge in [-0.15, -0.1) is 0 Å². The maximum absolute atomic E-state index is 14.5. The van der Waals surface area contributed by atoms with Gasteiger partial charge < -0.3 is 29.3 Å². The number of ether oxygens (including phenoxy) is 3. The number of fused-ring (bicyclic) bond motifs is 2. The molecule has 5 unspecified atom stereocenters. The molecule has 0 spiro atoms. The van der Waals surface area contributed by atoms with Crippen LogP contribution in [0.3, 0.4) is 0 Å². The second-order valence-electron chi connectivity index (χ2n) is 12.9. The highest BCUT2D eigenvalue weighted by molar-refractivity contribution is 5.94. The zero-order valence-corrected chi connectivity index (χ0v) is 26.4. The van der Waals surface area contributed by atoms with Gasteiger partial charge in [0.2, 0.25) is 11.8 Å². The highest BCUT2D eigenvalue weighted by Gasteiger charge is 2.59. The van der Waals surface area contributed by atoms with Gasteiger partial charge in [0.25, 0.3) is 0 Å². The molecule has 252 valence electrons. The first-order valence-corrected chi connectivity index (χ1v) is 15.9. The van der Waals surface area contributed by atoms with Crippen LogP contribution in [0.5, 0.6) is 0 Å². The van der Waals surface area contributed by atoms with Crippen LogP contribution < -0.4 is 5.32 Å². The van der Waals surface area contributed by atoms with Crippen LogP contribution in [0.2, 0.25) is 0 Å². The third-order valence-electron chi connectivity index (χ3n) is 10.1. The van der Waals surface area contributed by atoms with Crippen LogP contribution in [-0.4, -0.2) is 97.8 Å². The molecule has 4 aliphatic rings. The summed E-state index contributed by atoms with van der Waals surface area (Å²) in [7, 11) is 2.96. The molecule has 4 heterocycles. The Morgan fingerprint density at radius 1 is 1.15 bits per heavy atom. The average molecular weight is 657 g/mol. The summed E-state index contributed by atoms with van der Waals surface area (Å²) in [4.78, 5) is 47.2. The average Bonchev–Trinajstić information content (AvgIpc) is 3.61. The highest BCUT2D eigenvalue weighted by atomic mass is 19.4. The van der Waals surface area contributed by atoms with Crippen molar-refractivity contribution in [3.63, 3.8) is 0 Å². The Morgan fingerprint density at radius 3 is 2.66 bits per heavy atom. The van der Waals surface area contributed by atoms with Gasteiger partial charge in [0.15, 0.2) is 0 Å². The van der Waals surface area contributed by atoms with Gasteiger partial charge in [0.1, 0.15) is 0 Å². The fourth-order valence-corrected chi connectivity index (χ4v) is 7.63. The number of carbonyl (C=O) groups excluding carboxylic acids is 3. The van der Waals surface area contributed by atoms with Gasteiger partial charge in [-0.25, -0.2) is 4.79 Å². The van der Waals surface area contributed by atoms with Gasteiger partial charge in [0.05, 0.1) is 36.4 Å². The normalized spacial score (nSPS) is 27.5. The lowest BCUT2D eigenvalue weighted by molar-refractivity contribution is -0.144. The lowest BCUT2D eigenvalue weighted by Gasteiger charge is -2.37. The Bertz CT molecular complexity index is 1530. The standard InChI is InChI=1S/C34H39F3N4O6/c1-45-29-19-47-12-10-28(29)39-26-14-25-18-41(30(42)8-5-21-3-6-22(7-4-21)31(43)46-2)20-33(25,15-26)32(44)40-11-9-27-23(17-40)13-24(16-38-27)34(35,36)37/h3-8,13,16,25-26,28-29,39H,9-12,14-15,17-20H2,1-2H3. The molecule has 1 aromatic carbocycles. The first-order chi connectivity index (χ1) is 22.5. The molecular weight excluding hydrogens is 617 g/mol. The second kappa shape index (κ2) is 13.4. The van der Waals surface area contributed by atoms with Crippen molar-refractivity contribution < 1.29 is 41.8 Å². The molecule has 3 aliphatic heterocycles. The van der Waals surface area contributed by atoms with E-state index in [1.807, 2.05) is 0 Å². The molecule has 10 nitrogen and oxygen atoms in total. The minimum atomic E-state index is -4.53. The Labute approximate surface area is 271 Å². The van der Waals surface area contributed by atoms with E-state index in [9.17, 15) is 27.6 Å². The number of methoxy groups -OCH3 is 2. The minimum Gasteiger partial charge on any atom is -0.465 e. The number of hydrogen-bond acceptors (Lipinski definition) is 8. The number of amides is 2. The van der Waals surface area contributed by atoms with Crippen molar-refractivity contribution in [2.75, 3.05) is 47.1 Å². The maximum atomic E-state index is 14.5. The molecular formula is C34H39F3N4O6. The summed E-state index contributed by atoms with van der Waals surface area (Å²) in [6.45, 7) is 2.08.